The maximum Gasteiger partial charge on any atom is 0.185 e. The summed E-state index contributed by atoms with van der Waals surface area (Å²) in [5.41, 5.74) is 1.12. The summed E-state index contributed by atoms with van der Waals surface area (Å²) in [7, 11) is 3.09. The number of benzene rings is 1. The third kappa shape index (κ3) is 2.87. The summed E-state index contributed by atoms with van der Waals surface area (Å²) in [6, 6.07) is 5.52. The van der Waals surface area contributed by atoms with Gasteiger partial charge < -0.3 is 18.9 Å². The standard InChI is InChI=1S/C15H19NO4/c1-15(2)8-19-14(20-9-15)11-6-13(18-4)12(17-3)5-10(11)7-16/h5-6,14H,8-9H2,1-4H3. The topological polar surface area (TPSA) is 60.7 Å². The van der Waals surface area contributed by atoms with Gasteiger partial charge in [0, 0.05) is 17.0 Å². The van der Waals surface area contributed by atoms with Crippen molar-refractivity contribution in [2.75, 3.05) is 27.4 Å². The summed E-state index contributed by atoms with van der Waals surface area (Å²) in [6.45, 7) is 5.31. The first-order valence-corrected chi connectivity index (χ1v) is 6.40. The Bertz CT molecular complexity index is 523. The maximum atomic E-state index is 9.28. The van der Waals surface area contributed by atoms with Crippen LogP contribution in [-0.2, 0) is 9.47 Å². The monoisotopic (exact) mass is 277 g/mol. The molecule has 1 aliphatic rings. The second-order valence-corrected chi connectivity index (χ2v) is 5.52. The van der Waals surface area contributed by atoms with Gasteiger partial charge in [0.15, 0.2) is 17.8 Å². The number of nitrogens with zero attached hydrogens (tertiary/aromatic N) is 1. The van der Waals surface area contributed by atoms with Crippen molar-refractivity contribution in [3.63, 3.8) is 0 Å². The second kappa shape index (κ2) is 5.70. The van der Waals surface area contributed by atoms with E-state index in [4.69, 9.17) is 18.9 Å². The fraction of sp³-hybridized carbons (Fsp3) is 0.533. The molecule has 5 nitrogen and oxygen atoms in total. The molecule has 1 saturated heterocycles. The molecule has 0 N–H and O–H groups in total. The lowest BCUT2D eigenvalue weighted by molar-refractivity contribution is -0.226. The minimum Gasteiger partial charge on any atom is -0.493 e. The van der Waals surface area contributed by atoms with E-state index in [2.05, 4.69) is 19.9 Å². The fourth-order valence-corrected chi connectivity index (χ4v) is 2.06. The van der Waals surface area contributed by atoms with Crippen molar-refractivity contribution in [3.05, 3.63) is 23.3 Å². The van der Waals surface area contributed by atoms with Crippen LogP contribution >= 0.6 is 0 Å². The van der Waals surface area contributed by atoms with E-state index in [1.165, 1.54) is 7.11 Å². The van der Waals surface area contributed by atoms with Gasteiger partial charge >= 0.3 is 0 Å². The summed E-state index contributed by atoms with van der Waals surface area (Å²) in [5.74, 6) is 1.07. The molecule has 2 rings (SSSR count). The van der Waals surface area contributed by atoms with Crippen LogP contribution in [0.4, 0.5) is 0 Å². The van der Waals surface area contributed by atoms with Gasteiger partial charge in [0.1, 0.15) is 0 Å². The lowest BCUT2D eigenvalue weighted by atomic mass is 9.95. The molecular formula is C15H19NO4. The van der Waals surface area contributed by atoms with Gasteiger partial charge in [-0.25, -0.2) is 0 Å². The molecule has 0 radical (unpaired) electrons. The summed E-state index contributed by atoms with van der Waals surface area (Å²) in [5, 5.41) is 9.28. The van der Waals surface area contributed by atoms with E-state index in [-0.39, 0.29) is 5.41 Å². The van der Waals surface area contributed by atoms with Crippen molar-refractivity contribution in [1.82, 2.24) is 0 Å². The Kier molecular flexibility index (Phi) is 4.17. The largest absolute Gasteiger partial charge is 0.493 e. The van der Waals surface area contributed by atoms with Crippen molar-refractivity contribution in [3.8, 4) is 17.6 Å². The molecule has 1 aromatic carbocycles. The molecule has 1 aliphatic heterocycles. The zero-order valence-electron chi connectivity index (χ0n) is 12.2. The number of ether oxygens (including phenoxy) is 4. The first-order chi connectivity index (χ1) is 9.50. The quantitative estimate of drug-likeness (QED) is 0.850. The first kappa shape index (κ1) is 14.6. The molecule has 0 unspecified atom stereocenters. The van der Waals surface area contributed by atoms with E-state index in [1.807, 2.05) is 0 Å². The smallest absolute Gasteiger partial charge is 0.185 e. The average Bonchev–Trinajstić information content (AvgIpc) is 2.46. The SMILES string of the molecule is COc1cc(C#N)c(C2OCC(C)(C)CO2)cc1OC. The Morgan fingerprint density at radius 3 is 2.20 bits per heavy atom. The summed E-state index contributed by atoms with van der Waals surface area (Å²) < 4.78 is 21.9. The van der Waals surface area contributed by atoms with Crippen molar-refractivity contribution >= 4 is 0 Å². The number of nitriles is 1. The van der Waals surface area contributed by atoms with E-state index in [1.54, 1.807) is 19.2 Å². The van der Waals surface area contributed by atoms with Crippen LogP contribution in [0.2, 0.25) is 0 Å². The molecular weight excluding hydrogens is 258 g/mol. The van der Waals surface area contributed by atoms with E-state index in [0.717, 1.165) is 0 Å². The number of methoxy groups -OCH3 is 2. The third-order valence-electron chi connectivity index (χ3n) is 3.18. The molecule has 0 bridgehead atoms. The lowest BCUT2D eigenvalue weighted by Gasteiger charge is -2.35. The molecule has 0 spiro atoms. The zero-order valence-corrected chi connectivity index (χ0v) is 12.2. The van der Waals surface area contributed by atoms with Crippen molar-refractivity contribution in [1.29, 1.82) is 5.26 Å². The summed E-state index contributed by atoms with van der Waals surface area (Å²) >= 11 is 0. The van der Waals surface area contributed by atoms with Gasteiger partial charge in [0.05, 0.1) is 39.1 Å². The van der Waals surface area contributed by atoms with Crippen molar-refractivity contribution < 1.29 is 18.9 Å². The predicted molar refractivity (Wildman–Crippen MR) is 72.7 cm³/mol. The zero-order chi connectivity index (χ0) is 14.8. The second-order valence-electron chi connectivity index (χ2n) is 5.52. The molecule has 0 aliphatic carbocycles. The molecule has 0 atom stereocenters. The van der Waals surface area contributed by atoms with Crippen LogP contribution < -0.4 is 9.47 Å². The highest BCUT2D eigenvalue weighted by molar-refractivity contribution is 5.52. The van der Waals surface area contributed by atoms with Gasteiger partial charge in [-0.1, -0.05) is 13.8 Å². The van der Waals surface area contributed by atoms with Crippen LogP contribution in [0.1, 0.15) is 31.3 Å². The van der Waals surface area contributed by atoms with E-state index >= 15 is 0 Å². The van der Waals surface area contributed by atoms with Gasteiger partial charge in [0.25, 0.3) is 0 Å². The van der Waals surface area contributed by atoms with Gasteiger partial charge in [-0.2, -0.15) is 5.26 Å². The summed E-state index contributed by atoms with van der Waals surface area (Å²) in [6.07, 6.45) is -0.544. The molecule has 20 heavy (non-hydrogen) atoms. The van der Waals surface area contributed by atoms with Crippen molar-refractivity contribution in [2.45, 2.75) is 20.1 Å². The van der Waals surface area contributed by atoms with Crippen LogP contribution in [0.5, 0.6) is 11.5 Å². The Morgan fingerprint density at radius 1 is 1.15 bits per heavy atom. The van der Waals surface area contributed by atoms with Crippen LogP contribution in [0, 0.1) is 16.7 Å². The highest BCUT2D eigenvalue weighted by Gasteiger charge is 2.31. The molecule has 1 fully saturated rings. The molecule has 1 heterocycles. The van der Waals surface area contributed by atoms with Gasteiger partial charge in [-0.05, 0) is 6.07 Å². The summed E-state index contributed by atoms with van der Waals surface area (Å²) in [4.78, 5) is 0. The maximum absolute atomic E-state index is 9.28. The normalized spacial score (nSPS) is 18.4. The molecule has 1 aromatic rings. The Morgan fingerprint density at radius 2 is 1.70 bits per heavy atom. The number of rotatable bonds is 3. The van der Waals surface area contributed by atoms with Gasteiger partial charge in [-0.15, -0.1) is 0 Å². The molecule has 108 valence electrons. The van der Waals surface area contributed by atoms with Crippen LogP contribution in [0.3, 0.4) is 0 Å². The fourth-order valence-electron chi connectivity index (χ4n) is 2.06. The van der Waals surface area contributed by atoms with Gasteiger partial charge in [-0.3, -0.25) is 0 Å². The first-order valence-electron chi connectivity index (χ1n) is 6.40. The Balaban J connectivity index is 2.34. The van der Waals surface area contributed by atoms with Gasteiger partial charge in [0.2, 0.25) is 0 Å². The third-order valence-corrected chi connectivity index (χ3v) is 3.18. The highest BCUT2D eigenvalue weighted by atomic mass is 16.7. The average molecular weight is 277 g/mol. The predicted octanol–water partition coefficient (Wildman–Crippen LogP) is 2.65. The molecule has 0 amide bonds. The van der Waals surface area contributed by atoms with Crippen LogP contribution in [0.25, 0.3) is 0 Å². The number of hydrogen-bond donors (Lipinski definition) is 0. The Labute approximate surface area is 119 Å². The number of hydrogen-bond acceptors (Lipinski definition) is 5. The van der Waals surface area contributed by atoms with E-state index in [0.29, 0.717) is 35.8 Å². The Hall–Kier alpha value is -1.77. The van der Waals surface area contributed by atoms with Crippen LogP contribution in [0.15, 0.2) is 12.1 Å². The molecule has 0 aromatic heterocycles. The minimum atomic E-state index is -0.544. The molecule has 0 saturated carbocycles. The highest BCUT2D eigenvalue weighted by Crippen LogP contribution is 2.37. The van der Waals surface area contributed by atoms with Crippen LogP contribution in [-0.4, -0.2) is 27.4 Å². The lowest BCUT2D eigenvalue weighted by Crippen LogP contribution is -2.34. The van der Waals surface area contributed by atoms with E-state index in [9.17, 15) is 5.26 Å². The van der Waals surface area contributed by atoms with E-state index < -0.39 is 6.29 Å². The minimum absolute atomic E-state index is 0.0140. The van der Waals surface area contributed by atoms with Crippen molar-refractivity contribution in [2.24, 2.45) is 5.41 Å². The molecule has 5 heteroatoms.